The summed E-state index contributed by atoms with van der Waals surface area (Å²) >= 11 is 1.59. The van der Waals surface area contributed by atoms with Gasteiger partial charge in [0.05, 0.1) is 17.2 Å². The normalized spacial score (nSPS) is 15.8. The van der Waals surface area contributed by atoms with E-state index in [1.54, 1.807) is 11.3 Å². The second kappa shape index (κ2) is 8.24. The molecule has 1 aromatic rings. The molecule has 0 bridgehead atoms. The summed E-state index contributed by atoms with van der Waals surface area (Å²) in [5.41, 5.74) is 0.949. The second-order valence-electron chi connectivity index (χ2n) is 5.89. The molecule has 2 rings (SSSR count). The van der Waals surface area contributed by atoms with Crippen LogP contribution in [0.15, 0.2) is 5.38 Å². The van der Waals surface area contributed by atoms with Crippen LogP contribution in [0.5, 0.6) is 0 Å². The Labute approximate surface area is 135 Å². The van der Waals surface area contributed by atoms with E-state index < -0.39 is 0 Å². The Morgan fingerprint density at radius 3 is 2.73 bits per heavy atom. The second-order valence-corrected chi connectivity index (χ2v) is 6.95. The first-order valence-electron chi connectivity index (χ1n) is 7.73. The van der Waals surface area contributed by atoms with Gasteiger partial charge in [-0.2, -0.15) is 0 Å². The monoisotopic (exact) mass is 324 g/mol. The third-order valence-corrected chi connectivity index (χ3v) is 4.53. The van der Waals surface area contributed by atoms with E-state index in [0.717, 1.165) is 36.4 Å². The van der Waals surface area contributed by atoms with Crippen molar-refractivity contribution < 1.29 is 9.59 Å². The smallest absolute Gasteiger partial charge is 0.321 e. The van der Waals surface area contributed by atoms with Crippen LogP contribution in [0.2, 0.25) is 0 Å². The van der Waals surface area contributed by atoms with Crippen LogP contribution in [0.1, 0.15) is 42.8 Å². The number of thiazole rings is 1. The minimum atomic E-state index is -0.380. The minimum Gasteiger partial charge on any atom is -0.335 e. The van der Waals surface area contributed by atoms with Gasteiger partial charge in [0.15, 0.2) is 0 Å². The Hall–Kier alpha value is -1.47. The molecule has 0 saturated heterocycles. The number of amides is 3. The molecule has 2 N–H and O–H groups in total. The first-order chi connectivity index (χ1) is 10.5. The molecule has 1 heterocycles. The van der Waals surface area contributed by atoms with Gasteiger partial charge < -0.3 is 5.32 Å². The van der Waals surface area contributed by atoms with Crippen molar-refractivity contribution in [3.05, 3.63) is 16.1 Å². The number of likely N-dealkylation sites (N-methyl/N-ethyl adjacent to an activating group) is 1. The van der Waals surface area contributed by atoms with E-state index in [1.165, 1.54) is 6.42 Å². The van der Waals surface area contributed by atoms with Gasteiger partial charge in [0.2, 0.25) is 5.91 Å². The van der Waals surface area contributed by atoms with Crippen molar-refractivity contribution in [1.29, 1.82) is 0 Å². The SMILES string of the molecule is Cc1nc(CN(C)CC(=O)NC(=O)NC2CCCCC2)cs1. The third kappa shape index (κ3) is 5.73. The minimum absolute atomic E-state index is 0.175. The van der Waals surface area contributed by atoms with Gasteiger partial charge in [0.1, 0.15) is 0 Å². The number of urea groups is 1. The highest BCUT2D eigenvalue weighted by Gasteiger charge is 2.17. The van der Waals surface area contributed by atoms with Crippen LogP contribution in [0.4, 0.5) is 4.79 Å². The number of hydrogen-bond donors (Lipinski definition) is 2. The maximum absolute atomic E-state index is 11.9. The number of carbonyl (C=O) groups excluding carboxylic acids is 2. The van der Waals surface area contributed by atoms with Crippen molar-refractivity contribution in [3.8, 4) is 0 Å². The molecule has 0 unspecified atom stereocenters. The van der Waals surface area contributed by atoms with Crippen molar-refractivity contribution >= 4 is 23.3 Å². The molecule has 0 aromatic carbocycles. The van der Waals surface area contributed by atoms with Gasteiger partial charge in [-0.1, -0.05) is 19.3 Å². The molecular weight excluding hydrogens is 300 g/mol. The average Bonchev–Trinajstić information content (AvgIpc) is 2.84. The van der Waals surface area contributed by atoms with Crippen molar-refractivity contribution in [2.24, 2.45) is 0 Å². The summed E-state index contributed by atoms with van der Waals surface area (Å²) in [7, 11) is 1.84. The summed E-state index contributed by atoms with van der Waals surface area (Å²) in [6.07, 6.45) is 5.54. The highest BCUT2D eigenvalue weighted by Crippen LogP contribution is 2.17. The number of imide groups is 1. The first kappa shape index (κ1) is 16.9. The molecule has 1 aliphatic carbocycles. The van der Waals surface area contributed by atoms with Crippen LogP contribution < -0.4 is 10.6 Å². The topological polar surface area (TPSA) is 74.3 Å². The lowest BCUT2D eigenvalue weighted by molar-refractivity contribution is -0.121. The zero-order valence-corrected chi connectivity index (χ0v) is 14.0. The number of hydrogen-bond acceptors (Lipinski definition) is 5. The number of aryl methyl sites for hydroxylation is 1. The molecule has 6 nitrogen and oxygen atoms in total. The molecule has 1 fully saturated rings. The maximum atomic E-state index is 11.9. The fourth-order valence-corrected chi connectivity index (χ4v) is 3.30. The fraction of sp³-hybridized carbons (Fsp3) is 0.667. The Balaban J connectivity index is 1.68. The molecule has 0 atom stereocenters. The Morgan fingerprint density at radius 1 is 1.36 bits per heavy atom. The number of nitrogens with zero attached hydrogens (tertiary/aromatic N) is 2. The lowest BCUT2D eigenvalue weighted by Crippen LogP contribution is -2.47. The lowest BCUT2D eigenvalue weighted by atomic mass is 9.96. The van der Waals surface area contributed by atoms with Gasteiger partial charge in [-0.3, -0.25) is 15.0 Å². The molecule has 22 heavy (non-hydrogen) atoms. The van der Waals surface area contributed by atoms with Crippen LogP contribution in [-0.4, -0.2) is 41.5 Å². The van der Waals surface area contributed by atoms with Gasteiger partial charge >= 0.3 is 6.03 Å². The molecule has 1 aromatic heterocycles. The molecule has 7 heteroatoms. The van der Waals surface area contributed by atoms with Crippen molar-refractivity contribution in [2.75, 3.05) is 13.6 Å². The average molecular weight is 324 g/mol. The van der Waals surface area contributed by atoms with Gasteiger partial charge in [0.25, 0.3) is 0 Å². The zero-order valence-electron chi connectivity index (χ0n) is 13.2. The highest BCUT2D eigenvalue weighted by molar-refractivity contribution is 7.09. The summed E-state index contributed by atoms with van der Waals surface area (Å²) in [5.74, 6) is -0.289. The van der Waals surface area contributed by atoms with Gasteiger partial charge in [-0.05, 0) is 26.8 Å². The first-order valence-corrected chi connectivity index (χ1v) is 8.61. The van der Waals surface area contributed by atoms with Crippen LogP contribution in [0, 0.1) is 6.92 Å². The largest absolute Gasteiger partial charge is 0.335 e. The predicted octanol–water partition coefficient (Wildman–Crippen LogP) is 2.04. The van der Waals surface area contributed by atoms with E-state index in [2.05, 4.69) is 15.6 Å². The van der Waals surface area contributed by atoms with E-state index in [4.69, 9.17) is 0 Å². The van der Waals surface area contributed by atoms with Crippen LogP contribution in [-0.2, 0) is 11.3 Å². The van der Waals surface area contributed by atoms with Crippen molar-refractivity contribution in [2.45, 2.75) is 51.6 Å². The van der Waals surface area contributed by atoms with E-state index >= 15 is 0 Å². The maximum Gasteiger partial charge on any atom is 0.321 e. The van der Waals surface area contributed by atoms with Gasteiger partial charge in [0, 0.05) is 18.0 Å². The quantitative estimate of drug-likeness (QED) is 0.869. The van der Waals surface area contributed by atoms with E-state index in [1.807, 2.05) is 24.3 Å². The summed E-state index contributed by atoms with van der Waals surface area (Å²) in [4.78, 5) is 29.9. The van der Waals surface area contributed by atoms with E-state index in [-0.39, 0.29) is 24.5 Å². The number of nitrogens with one attached hydrogen (secondary N) is 2. The fourth-order valence-electron chi connectivity index (χ4n) is 2.69. The molecule has 1 aliphatic rings. The third-order valence-electron chi connectivity index (χ3n) is 3.71. The number of aromatic nitrogens is 1. The van der Waals surface area contributed by atoms with Gasteiger partial charge in [-0.15, -0.1) is 11.3 Å². The van der Waals surface area contributed by atoms with E-state index in [9.17, 15) is 9.59 Å². The molecule has 1 saturated carbocycles. The molecule has 3 amide bonds. The van der Waals surface area contributed by atoms with Crippen LogP contribution in [0.3, 0.4) is 0 Å². The summed E-state index contributed by atoms with van der Waals surface area (Å²) in [6, 6.07) is -0.174. The van der Waals surface area contributed by atoms with E-state index in [0.29, 0.717) is 6.54 Å². The molecule has 0 spiro atoms. The van der Waals surface area contributed by atoms with Crippen molar-refractivity contribution in [1.82, 2.24) is 20.5 Å². The molecule has 122 valence electrons. The molecule has 0 radical (unpaired) electrons. The standard InChI is InChI=1S/C15H24N4O2S/c1-11-16-13(10-22-11)8-19(2)9-14(20)18-15(21)17-12-6-4-3-5-7-12/h10,12H,3-9H2,1-2H3,(H2,17,18,20,21). The number of carbonyl (C=O) groups is 2. The predicted molar refractivity (Wildman–Crippen MR) is 86.7 cm³/mol. The Bertz CT molecular complexity index is 511. The summed E-state index contributed by atoms with van der Waals surface area (Å²) in [6.45, 7) is 2.73. The van der Waals surface area contributed by atoms with Crippen LogP contribution in [0.25, 0.3) is 0 Å². The highest BCUT2D eigenvalue weighted by atomic mass is 32.1. The Kier molecular flexibility index (Phi) is 6.33. The zero-order chi connectivity index (χ0) is 15.9. The van der Waals surface area contributed by atoms with Crippen LogP contribution >= 0.6 is 11.3 Å². The molecular formula is C15H24N4O2S. The number of rotatable bonds is 5. The lowest BCUT2D eigenvalue weighted by Gasteiger charge is -2.23. The summed E-state index contributed by atoms with van der Waals surface area (Å²) < 4.78 is 0. The Morgan fingerprint density at radius 2 is 2.09 bits per heavy atom. The summed E-state index contributed by atoms with van der Waals surface area (Å²) in [5, 5.41) is 8.28. The van der Waals surface area contributed by atoms with Gasteiger partial charge in [-0.25, -0.2) is 9.78 Å². The van der Waals surface area contributed by atoms with Crippen molar-refractivity contribution in [3.63, 3.8) is 0 Å². The molecule has 0 aliphatic heterocycles.